The normalized spacial score (nSPS) is 23.2. The molecule has 1 aromatic rings. The molecule has 4 heteroatoms. The zero-order valence-corrected chi connectivity index (χ0v) is 11.5. The van der Waals surface area contributed by atoms with Gasteiger partial charge in [0.1, 0.15) is 0 Å². The van der Waals surface area contributed by atoms with Crippen LogP contribution in [0.15, 0.2) is 24.3 Å². The van der Waals surface area contributed by atoms with E-state index in [1.807, 2.05) is 23.9 Å². The van der Waals surface area contributed by atoms with E-state index in [1.54, 1.807) is 12.1 Å². The summed E-state index contributed by atoms with van der Waals surface area (Å²) < 4.78 is 0. The molecule has 0 aromatic heterocycles. The second-order valence-corrected chi connectivity index (χ2v) is 5.83. The van der Waals surface area contributed by atoms with Crippen LogP contribution >= 0.6 is 11.8 Å². The summed E-state index contributed by atoms with van der Waals surface area (Å²) in [5, 5.41) is 4.36. The van der Waals surface area contributed by atoms with Crippen LogP contribution in [0.5, 0.6) is 0 Å². The summed E-state index contributed by atoms with van der Waals surface area (Å²) in [6, 6.07) is 8.14. The van der Waals surface area contributed by atoms with Crippen molar-refractivity contribution in [2.45, 2.75) is 37.1 Å². The van der Waals surface area contributed by atoms with E-state index in [2.05, 4.69) is 11.6 Å². The third-order valence-corrected chi connectivity index (χ3v) is 4.73. The molecule has 3 nitrogen and oxygen atoms in total. The van der Waals surface area contributed by atoms with Crippen LogP contribution in [0.2, 0.25) is 0 Å². The van der Waals surface area contributed by atoms with E-state index in [0.717, 1.165) is 11.8 Å². The van der Waals surface area contributed by atoms with Crippen molar-refractivity contribution in [2.75, 3.05) is 6.26 Å². The van der Waals surface area contributed by atoms with E-state index < -0.39 is 0 Å². The van der Waals surface area contributed by atoms with Crippen molar-refractivity contribution >= 4 is 17.7 Å². The van der Waals surface area contributed by atoms with Crippen LogP contribution in [0.4, 0.5) is 0 Å². The van der Waals surface area contributed by atoms with Gasteiger partial charge in [-0.2, -0.15) is 11.8 Å². The summed E-state index contributed by atoms with van der Waals surface area (Å²) >= 11 is 1.96. The Hall–Kier alpha value is -1.00. The van der Waals surface area contributed by atoms with E-state index in [0.29, 0.717) is 11.6 Å². The molecule has 0 radical (unpaired) electrons. The van der Waals surface area contributed by atoms with Crippen LogP contribution in [0, 0.1) is 0 Å². The molecular weight excluding hydrogens is 244 g/mol. The van der Waals surface area contributed by atoms with Gasteiger partial charge >= 0.3 is 0 Å². The minimum Gasteiger partial charge on any atom is -0.366 e. The number of benzene rings is 1. The van der Waals surface area contributed by atoms with Crippen LogP contribution in [0.3, 0.4) is 0 Å². The molecule has 0 aliphatic heterocycles. The smallest absolute Gasteiger partial charge is 0.248 e. The van der Waals surface area contributed by atoms with Gasteiger partial charge in [0.15, 0.2) is 0 Å². The number of amides is 1. The average molecular weight is 264 g/mol. The topological polar surface area (TPSA) is 55.1 Å². The van der Waals surface area contributed by atoms with Gasteiger partial charge in [-0.1, -0.05) is 18.6 Å². The molecule has 98 valence electrons. The number of nitrogens with two attached hydrogens (primary N) is 1. The predicted molar refractivity (Wildman–Crippen MR) is 76.7 cm³/mol. The lowest BCUT2D eigenvalue weighted by Crippen LogP contribution is -2.33. The maximum Gasteiger partial charge on any atom is 0.248 e. The number of thioether (sulfide) groups is 1. The number of carbonyl (C=O) groups is 1. The molecule has 1 amide bonds. The molecule has 1 aliphatic carbocycles. The predicted octanol–water partition coefficient (Wildman–Crippen LogP) is 2.16. The third-order valence-electron chi connectivity index (χ3n) is 3.56. The summed E-state index contributed by atoms with van der Waals surface area (Å²) in [5.41, 5.74) is 6.99. The van der Waals surface area contributed by atoms with E-state index in [9.17, 15) is 4.79 Å². The third kappa shape index (κ3) is 3.27. The maximum absolute atomic E-state index is 11.0. The van der Waals surface area contributed by atoms with Crippen LogP contribution in [-0.4, -0.2) is 23.5 Å². The van der Waals surface area contributed by atoms with Crippen LogP contribution in [-0.2, 0) is 6.54 Å². The largest absolute Gasteiger partial charge is 0.366 e. The van der Waals surface area contributed by atoms with Gasteiger partial charge in [0, 0.05) is 23.4 Å². The number of hydrogen-bond acceptors (Lipinski definition) is 3. The second-order valence-electron chi connectivity index (χ2n) is 4.75. The average Bonchev–Trinajstić information content (AvgIpc) is 2.84. The second kappa shape index (κ2) is 6.25. The van der Waals surface area contributed by atoms with Gasteiger partial charge < -0.3 is 11.1 Å². The molecule has 0 heterocycles. The lowest BCUT2D eigenvalue weighted by molar-refractivity contribution is 0.100. The van der Waals surface area contributed by atoms with Crippen molar-refractivity contribution < 1.29 is 4.79 Å². The molecule has 3 N–H and O–H groups in total. The lowest BCUT2D eigenvalue weighted by Gasteiger charge is -2.19. The fourth-order valence-corrected chi connectivity index (χ4v) is 3.44. The van der Waals surface area contributed by atoms with Gasteiger partial charge in [-0.15, -0.1) is 0 Å². The Morgan fingerprint density at radius 2 is 2.11 bits per heavy atom. The molecule has 1 fully saturated rings. The van der Waals surface area contributed by atoms with Gasteiger partial charge in [-0.25, -0.2) is 0 Å². The fraction of sp³-hybridized carbons (Fsp3) is 0.500. The number of primary amides is 1. The molecule has 18 heavy (non-hydrogen) atoms. The molecule has 2 unspecified atom stereocenters. The zero-order valence-electron chi connectivity index (χ0n) is 10.7. The summed E-state index contributed by atoms with van der Waals surface area (Å²) in [6.45, 7) is 0.862. The first kappa shape index (κ1) is 13.4. The zero-order chi connectivity index (χ0) is 13.0. The summed E-state index contributed by atoms with van der Waals surface area (Å²) in [5.74, 6) is -0.368. The Labute approximate surface area is 113 Å². The number of hydrogen-bond donors (Lipinski definition) is 2. The maximum atomic E-state index is 11.0. The van der Waals surface area contributed by atoms with Crippen molar-refractivity contribution in [3.05, 3.63) is 35.4 Å². The van der Waals surface area contributed by atoms with Crippen molar-refractivity contribution in [1.82, 2.24) is 5.32 Å². The highest BCUT2D eigenvalue weighted by Gasteiger charge is 2.25. The number of carbonyl (C=O) groups excluding carboxylic acids is 1. The van der Waals surface area contributed by atoms with Crippen molar-refractivity contribution in [2.24, 2.45) is 5.73 Å². The van der Waals surface area contributed by atoms with E-state index >= 15 is 0 Å². The van der Waals surface area contributed by atoms with E-state index in [-0.39, 0.29) is 5.91 Å². The SMILES string of the molecule is CSC1CCCC1NCc1ccc(C(N)=O)cc1. The number of rotatable bonds is 5. The molecule has 0 saturated heterocycles. The Balaban J connectivity index is 1.88. The van der Waals surface area contributed by atoms with E-state index in [1.165, 1.54) is 24.8 Å². The standard InChI is InChI=1S/C14H20N2OS/c1-18-13-4-2-3-12(13)16-9-10-5-7-11(8-6-10)14(15)17/h5-8,12-13,16H,2-4,9H2,1H3,(H2,15,17). The summed E-state index contributed by atoms with van der Waals surface area (Å²) in [7, 11) is 0. The molecular formula is C14H20N2OS. The first-order chi connectivity index (χ1) is 8.70. The number of nitrogens with one attached hydrogen (secondary N) is 1. The highest BCUT2D eigenvalue weighted by Crippen LogP contribution is 2.28. The molecule has 1 aromatic carbocycles. The van der Waals surface area contributed by atoms with E-state index in [4.69, 9.17) is 5.73 Å². The fourth-order valence-electron chi connectivity index (χ4n) is 2.48. The summed E-state index contributed by atoms with van der Waals surface area (Å²) in [6.07, 6.45) is 6.10. The molecule has 0 spiro atoms. The van der Waals surface area contributed by atoms with Crippen molar-refractivity contribution in [1.29, 1.82) is 0 Å². The molecule has 2 atom stereocenters. The van der Waals surface area contributed by atoms with Crippen LogP contribution in [0.25, 0.3) is 0 Å². The monoisotopic (exact) mass is 264 g/mol. The first-order valence-electron chi connectivity index (χ1n) is 6.35. The van der Waals surface area contributed by atoms with Gasteiger partial charge in [0.05, 0.1) is 0 Å². The van der Waals surface area contributed by atoms with Crippen LogP contribution in [0.1, 0.15) is 35.2 Å². The Morgan fingerprint density at radius 3 is 2.72 bits per heavy atom. The molecule has 0 bridgehead atoms. The minimum absolute atomic E-state index is 0.368. The molecule has 2 rings (SSSR count). The highest BCUT2D eigenvalue weighted by atomic mass is 32.2. The van der Waals surface area contributed by atoms with Gasteiger partial charge in [0.25, 0.3) is 0 Å². The van der Waals surface area contributed by atoms with Crippen molar-refractivity contribution in [3.8, 4) is 0 Å². The Kier molecular flexibility index (Phi) is 4.66. The van der Waals surface area contributed by atoms with Gasteiger partial charge in [-0.3, -0.25) is 4.79 Å². The quantitative estimate of drug-likeness (QED) is 0.857. The molecule has 1 saturated carbocycles. The first-order valence-corrected chi connectivity index (χ1v) is 7.64. The van der Waals surface area contributed by atoms with Gasteiger partial charge in [-0.05, 0) is 36.8 Å². The van der Waals surface area contributed by atoms with Gasteiger partial charge in [0.2, 0.25) is 5.91 Å². The van der Waals surface area contributed by atoms with Crippen LogP contribution < -0.4 is 11.1 Å². The lowest BCUT2D eigenvalue weighted by atomic mass is 10.1. The van der Waals surface area contributed by atoms with Crippen molar-refractivity contribution in [3.63, 3.8) is 0 Å². The summed E-state index contributed by atoms with van der Waals surface area (Å²) in [4.78, 5) is 11.0. The minimum atomic E-state index is -0.368. The Morgan fingerprint density at radius 1 is 1.39 bits per heavy atom. The molecule has 1 aliphatic rings. The highest BCUT2D eigenvalue weighted by molar-refractivity contribution is 7.99. The Bertz CT molecular complexity index is 405.